The fourth-order valence-electron chi connectivity index (χ4n) is 5.95. The van der Waals surface area contributed by atoms with Gasteiger partial charge in [-0.2, -0.15) is 0 Å². The molecule has 0 aliphatic heterocycles. The van der Waals surface area contributed by atoms with E-state index in [1.165, 1.54) is 6.07 Å². The minimum Gasteiger partial charge on any atom is -0.508 e. The lowest BCUT2D eigenvalue weighted by Crippen LogP contribution is -2.63. The van der Waals surface area contributed by atoms with Gasteiger partial charge in [-0.05, 0) is 28.7 Å². The second kappa shape index (κ2) is 7.53. The Balaban J connectivity index is 1.80. The first-order valence-electron chi connectivity index (χ1n) is 11.1. The zero-order valence-corrected chi connectivity index (χ0v) is 18.6. The normalized spacial score (nSPS) is 30.0. The van der Waals surface area contributed by atoms with Crippen molar-refractivity contribution in [3.8, 4) is 16.9 Å². The largest absolute Gasteiger partial charge is 0.508 e. The lowest BCUT2D eigenvalue weighted by atomic mass is 9.55. The molecule has 3 aliphatic rings. The molecule has 5 rings (SSSR count). The van der Waals surface area contributed by atoms with Crippen molar-refractivity contribution in [1.29, 1.82) is 0 Å². The van der Waals surface area contributed by atoms with Gasteiger partial charge in [0, 0.05) is 23.8 Å². The van der Waals surface area contributed by atoms with Crippen LogP contribution in [0.4, 0.5) is 0 Å². The van der Waals surface area contributed by atoms with Crippen molar-refractivity contribution < 1.29 is 39.9 Å². The molecule has 7 N–H and O–H groups in total. The molecule has 0 aromatic heterocycles. The molecule has 35 heavy (non-hydrogen) atoms. The SMILES string of the molecule is CC1c2c(-c3ccccc3)ccc(O)c2C(O)=C2C(=O)C3(O)C(O)=C(C(N)=O)C(=O)CC3C(O)C21. The summed E-state index contributed by atoms with van der Waals surface area (Å²) >= 11 is 0. The number of primary amides is 1. The minimum atomic E-state index is -2.85. The molecule has 5 atom stereocenters. The minimum absolute atomic E-state index is 0.0295. The molecule has 1 saturated carbocycles. The van der Waals surface area contributed by atoms with Crippen molar-refractivity contribution in [2.45, 2.75) is 31.0 Å². The molecule has 0 saturated heterocycles. The van der Waals surface area contributed by atoms with Crippen LogP contribution in [0.5, 0.6) is 5.75 Å². The predicted molar refractivity (Wildman–Crippen MR) is 123 cm³/mol. The molecule has 9 heteroatoms. The first kappa shape index (κ1) is 22.8. The van der Waals surface area contributed by atoms with Crippen LogP contribution in [0.15, 0.2) is 59.4 Å². The molecule has 1 fully saturated rings. The van der Waals surface area contributed by atoms with Crippen molar-refractivity contribution in [3.05, 3.63) is 70.5 Å². The lowest BCUT2D eigenvalue weighted by molar-refractivity contribution is -0.160. The van der Waals surface area contributed by atoms with Gasteiger partial charge in [0.25, 0.3) is 5.91 Å². The topological polar surface area (TPSA) is 178 Å². The Bertz CT molecular complexity index is 1380. The molecule has 2 aromatic rings. The molecule has 0 bridgehead atoms. The summed E-state index contributed by atoms with van der Waals surface area (Å²) in [5.41, 5.74) is 2.92. The highest BCUT2D eigenvalue weighted by molar-refractivity contribution is 6.23. The number of ketones is 2. The van der Waals surface area contributed by atoms with E-state index in [0.29, 0.717) is 11.1 Å². The van der Waals surface area contributed by atoms with E-state index in [4.69, 9.17) is 5.73 Å². The summed E-state index contributed by atoms with van der Waals surface area (Å²) in [5.74, 6) is -8.80. The van der Waals surface area contributed by atoms with E-state index in [1.807, 2.05) is 30.3 Å². The van der Waals surface area contributed by atoms with Crippen LogP contribution >= 0.6 is 0 Å². The number of rotatable bonds is 2. The molecule has 0 heterocycles. The summed E-state index contributed by atoms with van der Waals surface area (Å²) in [5, 5.41) is 55.3. The molecular weight excluding hydrogens is 454 g/mol. The van der Waals surface area contributed by atoms with Gasteiger partial charge in [-0.15, -0.1) is 0 Å². The number of carbonyl (C=O) groups is 3. The Hall–Kier alpha value is -3.95. The summed E-state index contributed by atoms with van der Waals surface area (Å²) in [6.45, 7) is 1.71. The molecule has 3 aliphatic carbocycles. The van der Waals surface area contributed by atoms with Gasteiger partial charge in [0.15, 0.2) is 11.4 Å². The van der Waals surface area contributed by atoms with E-state index >= 15 is 0 Å². The Labute approximate surface area is 199 Å². The van der Waals surface area contributed by atoms with Gasteiger partial charge >= 0.3 is 0 Å². The van der Waals surface area contributed by atoms with E-state index in [-0.39, 0.29) is 11.3 Å². The van der Waals surface area contributed by atoms with E-state index in [1.54, 1.807) is 13.0 Å². The fourth-order valence-corrected chi connectivity index (χ4v) is 5.95. The van der Waals surface area contributed by atoms with Gasteiger partial charge in [0.2, 0.25) is 5.78 Å². The highest BCUT2D eigenvalue weighted by atomic mass is 16.4. The van der Waals surface area contributed by atoms with Crippen LogP contribution in [0.3, 0.4) is 0 Å². The second-order valence-electron chi connectivity index (χ2n) is 9.27. The second-order valence-corrected chi connectivity index (χ2v) is 9.27. The van der Waals surface area contributed by atoms with Crippen molar-refractivity contribution in [2.24, 2.45) is 17.6 Å². The van der Waals surface area contributed by atoms with Gasteiger partial charge in [0.05, 0.1) is 11.7 Å². The number of hydrogen-bond acceptors (Lipinski definition) is 8. The molecule has 0 spiro atoms. The Kier molecular flexibility index (Phi) is 4.91. The van der Waals surface area contributed by atoms with Gasteiger partial charge in [-0.1, -0.05) is 43.3 Å². The maximum absolute atomic E-state index is 13.7. The van der Waals surface area contributed by atoms with Crippen LogP contribution in [0, 0.1) is 11.8 Å². The number of Topliss-reactive ketones (excluding diaryl/α,β-unsaturated/α-hetero) is 2. The predicted octanol–water partition coefficient (Wildman–Crippen LogP) is 1.62. The van der Waals surface area contributed by atoms with Crippen LogP contribution in [-0.2, 0) is 14.4 Å². The van der Waals surface area contributed by atoms with Crippen LogP contribution in [0.2, 0.25) is 0 Å². The number of fused-ring (bicyclic) bond motifs is 3. The molecular formula is C26H23NO8. The highest BCUT2D eigenvalue weighted by Gasteiger charge is 2.65. The van der Waals surface area contributed by atoms with Crippen molar-refractivity contribution in [1.82, 2.24) is 0 Å². The number of phenols is 1. The number of benzene rings is 2. The Morgan fingerprint density at radius 3 is 2.34 bits per heavy atom. The third-order valence-corrected chi connectivity index (χ3v) is 7.56. The fraction of sp³-hybridized carbons (Fsp3) is 0.269. The number of nitrogens with two attached hydrogens (primary N) is 1. The number of amides is 1. The lowest BCUT2D eigenvalue weighted by Gasteiger charge is -2.50. The summed E-state index contributed by atoms with van der Waals surface area (Å²) < 4.78 is 0. The molecule has 2 aromatic carbocycles. The Morgan fingerprint density at radius 2 is 1.71 bits per heavy atom. The van der Waals surface area contributed by atoms with Gasteiger partial charge < -0.3 is 31.3 Å². The third-order valence-electron chi connectivity index (χ3n) is 7.56. The number of hydrogen-bond donors (Lipinski definition) is 6. The Morgan fingerprint density at radius 1 is 1.06 bits per heavy atom. The van der Waals surface area contributed by atoms with Crippen LogP contribution in [0.25, 0.3) is 16.9 Å². The summed E-state index contributed by atoms with van der Waals surface area (Å²) in [7, 11) is 0. The van der Waals surface area contributed by atoms with Crippen molar-refractivity contribution in [2.75, 3.05) is 0 Å². The number of aromatic hydroxyl groups is 1. The van der Waals surface area contributed by atoms with E-state index in [0.717, 1.165) is 5.56 Å². The maximum Gasteiger partial charge on any atom is 0.255 e. The van der Waals surface area contributed by atoms with E-state index in [2.05, 4.69) is 0 Å². The third kappa shape index (κ3) is 2.85. The maximum atomic E-state index is 13.7. The number of phenolic OH excluding ortho intramolecular Hbond substituents is 1. The van der Waals surface area contributed by atoms with Crippen LogP contribution < -0.4 is 5.73 Å². The smallest absolute Gasteiger partial charge is 0.255 e. The van der Waals surface area contributed by atoms with Crippen LogP contribution in [0.1, 0.15) is 30.4 Å². The standard InChI is InChI=1S/C26H23NO8/c1-10-16-12(11-5-3-2-4-6-11)7-8-14(28)18(16)22(31)20-17(10)21(30)13-9-15(29)19(25(27)34)23(32)26(13,35)24(20)33/h2-8,10,13,17,21,28,30-32,35H,9H2,1H3,(H2,27,34). The number of carbonyl (C=O) groups excluding carboxylic acids is 3. The zero-order chi connectivity index (χ0) is 25.4. The van der Waals surface area contributed by atoms with Gasteiger partial charge in [-0.25, -0.2) is 0 Å². The van der Waals surface area contributed by atoms with Crippen molar-refractivity contribution >= 4 is 23.2 Å². The average Bonchev–Trinajstić information content (AvgIpc) is 2.82. The average molecular weight is 477 g/mol. The summed E-state index contributed by atoms with van der Waals surface area (Å²) in [4.78, 5) is 38.0. The van der Waals surface area contributed by atoms with E-state index in [9.17, 15) is 39.9 Å². The molecule has 9 nitrogen and oxygen atoms in total. The summed E-state index contributed by atoms with van der Waals surface area (Å²) in [6, 6.07) is 12.2. The highest BCUT2D eigenvalue weighted by Crippen LogP contribution is 2.57. The first-order valence-corrected chi connectivity index (χ1v) is 11.1. The monoisotopic (exact) mass is 477 g/mol. The molecule has 1 amide bonds. The zero-order valence-electron chi connectivity index (χ0n) is 18.6. The van der Waals surface area contributed by atoms with Crippen LogP contribution in [-0.4, -0.2) is 54.7 Å². The molecule has 0 radical (unpaired) electrons. The van der Waals surface area contributed by atoms with Gasteiger partial charge in [0.1, 0.15) is 22.8 Å². The summed E-state index contributed by atoms with van der Waals surface area (Å²) in [6.07, 6.45) is -2.17. The van der Waals surface area contributed by atoms with E-state index < -0.39 is 76.0 Å². The number of aliphatic hydroxyl groups excluding tert-OH is 3. The molecule has 180 valence electrons. The quantitative estimate of drug-likeness (QED) is 0.353. The van der Waals surface area contributed by atoms with Crippen molar-refractivity contribution in [3.63, 3.8) is 0 Å². The molecule has 5 unspecified atom stereocenters. The first-order chi connectivity index (χ1) is 16.5. The number of aliphatic hydroxyl groups is 4. The van der Waals surface area contributed by atoms with Gasteiger partial charge in [-0.3, -0.25) is 14.4 Å².